The van der Waals surface area contributed by atoms with E-state index in [1.165, 1.54) is 36.4 Å². The monoisotopic (exact) mass is 414 g/mol. The first-order chi connectivity index (χ1) is 14.0. The molecule has 1 aliphatic rings. The van der Waals surface area contributed by atoms with E-state index in [0.29, 0.717) is 13.1 Å². The van der Waals surface area contributed by atoms with Gasteiger partial charge in [-0.2, -0.15) is 0 Å². The number of carbonyl (C=O) groups is 1. The SMILES string of the molecule is C[C@H]1CCCN(Cc2ccc(CNC(=O)NC[C@@H](c3cccs3)N(C)C)cc2)C1. The molecule has 1 saturated heterocycles. The molecule has 1 aliphatic heterocycles. The van der Waals surface area contributed by atoms with Crippen LogP contribution in [0.3, 0.4) is 0 Å². The van der Waals surface area contributed by atoms with E-state index < -0.39 is 0 Å². The van der Waals surface area contributed by atoms with Crippen molar-refractivity contribution in [3.8, 4) is 0 Å². The minimum Gasteiger partial charge on any atom is -0.336 e. The van der Waals surface area contributed by atoms with Crippen molar-refractivity contribution >= 4 is 17.4 Å². The van der Waals surface area contributed by atoms with Crippen molar-refractivity contribution in [2.45, 2.75) is 38.9 Å². The number of thiophene rings is 1. The van der Waals surface area contributed by atoms with E-state index in [4.69, 9.17) is 0 Å². The highest BCUT2D eigenvalue weighted by Gasteiger charge is 2.17. The van der Waals surface area contributed by atoms with E-state index in [9.17, 15) is 4.79 Å². The summed E-state index contributed by atoms with van der Waals surface area (Å²) in [5.74, 6) is 0.803. The van der Waals surface area contributed by atoms with Crippen LogP contribution in [-0.4, -0.2) is 49.6 Å². The summed E-state index contributed by atoms with van der Waals surface area (Å²) in [4.78, 5) is 18.2. The number of nitrogens with one attached hydrogen (secondary N) is 2. The number of piperidine rings is 1. The number of urea groups is 1. The second kappa shape index (κ2) is 10.8. The van der Waals surface area contributed by atoms with Crippen LogP contribution in [0.25, 0.3) is 0 Å². The van der Waals surface area contributed by atoms with Crippen LogP contribution in [0.15, 0.2) is 41.8 Å². The number of likely N-dealkylation sites (N-methyl/N-ethyl adjacent to an activating group) is 1. The normalized spacial score (nSPS) is 18.6. The minimum absolute atomic E-state index is 0.125. The molecule has 2 atom stereocenters. The van der Waals surface area contributed by atoms with Crippen molar-refractivity contribution in [3.05, 3.63) is 57.8 Å². The Labute approximate surface area is 179 Å². The van der Waals surface area contributed by atoms with Gasteiger partial charge in [-0.05, 0) is 62.0 Å². The van der Waals surface area contributed by atoms with Gasteiger partial charge in [0.2, 0.25) is 0 Å². The van der Waals surface area contributed by atoms with Crippen molar-refractivity contribution in [3.63, 3.8) is 0 Å². The summed E-state index contributed by atoms with van der Waals surface area (Å²) in [6.07, 6.45) is 2.66. The maximum atomic E-state index is 12.2. The molecule has 29 heavy (non-hydrogen) atoms. The first-order valence-corrected chi connectivity index (χ1v) is 11.4. The zero-order valence-electron chi connectivity index (χ0n) is 17.9. The third-order valence-corrected chi connectivity index (χ3v) is 6.55. The zero-order valence-corrected chi connectivity index (χ0v) is 18.7. The van der Waals surface area contributed by atoms with Gasteiger partial charge < -0.3 is 15.5 Å². The molecule has 1 aromatic carbocycles. The van der Waals surface area contributed by atoms with Gasteiger partial charge in [0.15, 0.2) is 0 Å². The van der Waals surface area contributed by atoms with Gasteiger partial charge in [-0.25, -0.2) is 4.79 Å². The Balaban J connectivity index is 1.41. The number of rotatable bonds is 8. The molecule has 2 N–H and O–H groups in total. The average Bonchev–Trinajstić information content (AvgIpc) is 3.22. The number of likely N-dealkylation sites (tertiary alicyclic amines) is 1. The number of hydrogen-bond acceptors (Lipinski definition) is 4. The Morgan fingerprint density at radius 2 is 1.97 bits per heavy atom. The van der Waals surface area contributed by atoms with E-state index in [2.05, 4.69) is 63.1 Å². The molecule has 0 radical (unpaired) electrons. The summed E-state index contributed by atoms with van der Waals surface area (Å²) in [5, 5.41) is 8.04. The standard InChI is InChI=1S/C23H34N4OS/c1-18-6-4-12-27(16-18)17-20-10-8-19(9-11-20)14-24-23(28)25-15-21(26(2)3)22-7-5-13-29-22/h5,7-11,13,18,21H,4,6,12,14-17H2,1-3H3,(H2,24,25,28)/t18-,21-/m0/s1. The van der Waals surface area contributed by atoms with Gasteiger partial charge in [0.25, 0.3) is 0 Å². The van der Waals surface area contributed by atoms with E-state index in [1.807, 2.05) is 20.2 Å². The Morgan fingerprint density at radius 3 is 2.62 bits per heavy atom. The predicted octanol–water partition coefficient (Wildman–Crippen LogP) is 4.08. The molecular weight excluding hydrogens is 380 g/mol. The van der Waals surface area contributed by atoms with Crippen LogP contribution < -0.4 is 10.6 Å². The fraction of sp³-hybridized carbons (Fsp3) is 0.522. The molecule has 2 heterocycles. The van der Waals surface area contributed by atoms with Crippen LogP contribution in [-0.2, 0) is 13.1 Å². The molecule has 1 fully saturated rings. The van der Waals surface area contributed by atoms with Crippen LogP contribution in [0.4, 0.5) is 4.79 Å². The lowest BCUT2D eigenvalue weighted by Gasteiger charge is -2.30. The summed E-state index contributed by atoms with van der Waals surface area (Å²) < 4.78 is 0. The van der Waals surface area contributed by atoms with Crippen molar-refractivity contribution in [1.82, 2.24) is 20.4 Å². The summed E-state index contributed by atoms with van der Waals surface area (Å²) in [6, 6.07) is 12.8. The highest BCUT2D eigenvalue weighted by molar-refractivity contribution is 7.10. The maximum Gasteiger partial charge on any atom is 0.315 e. The first kappa shape index (κ1) is 21.8. The highest BCUT2D eigenvalue weighted by Crippen LogP contribution is 2.22. The van der Waals surface area contributed by atoms with Gasteiger partial charge in [-0.3, -0.25) is 4.90 Å². The number of hydrogen-bond donors (Lipinski definition) is 2. The minimum atomic E-state index is -0.125. The molecule has 0 saturated carbocycles. The van der Waals surface area contributed by atoms with Gasteiger partial charge in [0.05, 0.1) is 6.04 Å². The molecule has 3 rings (SSSR count). The number of amides is 2. The molecule has 0 unspecified atom stereocenters. The quantitative estimate of drug-likeness (QED) is 0.684. The lowest BCUT2D eigenvalue weighted by molar-refractivity contribution is 0.176. The fourth-order valence-electron chi connectivity index (χ4n) is 3.90. The predicted molar refractivity (Wildman–Crippen MR) is 121 cm³/mol. The Hall–Kier alpha value is -1.89. The van der Waals surface area contributed by atoms with Crippen LogP contribution in [0.2, 0.25) is 0 Å². The topological polar surface area (TPSA) is 47.6 Å². The third kappa shape index (κ3) is 6.84. The van der Waals surface area contributed by atoms with Gasteiger partial charge in [0, 0.05) is 31.1 Å². The molecule has 2 amide bonds. The molecule has 0 bridgehead atoms. The second-order valence-corrected chi connectivity index (χ2v) is 9.34. The summed E-state index contributed by atoms with van der Waals surface area (Å²) >= 11 is 1.72. The van der Waals surface area contributed by atoms with Crippen molar-refractivity contribution in [2.24, 2.45) is 5.92 Å². The molecule has 1 aromatic heterocycles. The molecule has 0 aliphatic carbocycles. The fourth-order valence-corrected chi connectivity index (χ4v) is 4.83. The number of nitrogens with zero attached hydrogens (tertiary/aromatic N) is 2. The number of carbonyl (C=O) groups excluding carboxylic acids is 1. The highest BCUT2D eigenvalue weighted by atomic mass is 32.1. The van der Waals surface area contributed by atoms with Gasteiger partial charge >= 0.3 is 6.03 Å². The van der Waals surface area contributed by atoms with Gasteiger partial charge in [-0.15, -0.1) is 11.3 Å². The van der Waals surface area contributed by atoms with Crippen molar-refractivity contribution < 1.29 is 4.79 Å². The average molecular weight is 415 g/mol. The van der Waals surface area contributed by atoms with E-state index in [-0.39, 0.29) is 12.1 Å². The number of benzene rings is 1. The zero-order chi connectivity index (χ0) is 20.6. The van der Waals surface area contributed by atoms with E-state index >= 15 is 0 Å². The molecule has 158 valence electrons. The van der Waals surface area contributed by atoms with Crippen LogP contribution >= 0.6 is 11.3 Å². The summed E-state index contributed by atoms with van der Waals surface area (Å²) in [6.45, 7) is 6.89. The summed E-state index contributed by atoms with van der Waals surface area (Å²) in [7, 11) is 4.08. The Kier molecular flexibility index (Phi) is 8.09. The molecule has 0 spiro atoms. The molecule has 6 heteroatoms. The van der Waals surface area contributed by atoms with E-state index in [1.54, 1.807) is 11.3 Å². The molecule has 2 aromatic rings. The second-order valence-electron chi connectivity index (χ2n) is 8.36. The smallest absolute Gasteiger partial charge is 0.315 e. The lowest BCUT2D eigenvalue weighted by atomic mass is 9.99. The maximum absolute atomic E-state index is 12.2. The van der Waals surface area contributed by atoms with Crippen LogP contribution in [0, 0.1) is 5.92 Å². The Bertz CT molecular complexity index is 745. The Morgan fingerprint density at radius 1 is 1.21 bits per heavy atom. The largest absolute Gasteiger partial charge is 0.336 e. The van der Waals surface area contributed by atoms with Gasteiger partial charge in [0.1, 0.15) is 0 Å². The molecular formula is C23H34N4OS. The van der Waals surface area contributed by atoms with Crippen molar-refractivity contribution in [1.29, 1.82) is 0 Å². The van der Waals surface area contributed by atoms with Crippen molar-refractivity contribution in [2.75, 3.05) is 33.7 Å². The molecule has 5 nitrogen and oxygen atoms in total. The van der Waals surface area contributed by atoms with Crippen LogP contribution in [0.1, 0.15) is 41.8 Å². The lowest BCUT2D eigenvalue weighted by Crippen LogP contribution is -2.40. The summed E-state index contributed by atoms with van der Waals surface area (Å²) in [5.41, 5.74) is 2.47. The first-order valence-electron chi connectivity index (χ1n) is 10.5. The van der Waals surface area contributed by atoms with E-state index in [0.717, 1.165) is 18.0 Å². The van der Waals surface area contributed by atoms with Gasteiger partial charge in [-0.1, -0.05) is 37.3 Å². The van der Waals surface area contributed by atoms with Crippen LogP contribution in [0.5, 0.6) is 0 Å². The third-order valence-electron chi connectivity index (χ3n) is 5.57.